The lowest BCUT2D eigenvalue weighted by Gasteiger charge is -2.36. The van der Waals surface area contributed by atoms with Gasteiger partial charge < -0.3 is 10.2 Å². The maximum atomic E-state index is 12.0. The number of hydrogen-bond donors (Lipinski definition) is 1. The molecule has 1 aromatic rings. The van der Waals surface area contributed by atoms with Crippen molar-refractivity contribution in [2.45, 2.75) is 31.7 Å². The van der Waals surface area contributed by atoms with Crippen molar-refractivity contribution in [3.8, 4) is 0 Å². The Kier molecular flexibility index (Phi) is 2.31. The van der Waals surface area contributed by atoms with E-state index in [2.05, 4.69) is 16.3 Å². The number of amides is 1. The van der Waals surface area contributed by atoms with Gasteiger partial charge in [0, 0.05) is 6.54 Å². The molecule has 1 aromatic carbocycles. The number of nitrogens with zero attached hydrogens (tertiary/aromatic N) is 1. The molecule has 0 spiro atoms. The van der Waals surface area contributed by atoms with Crippen LogP contribution in [-0.2, 0) is 4.79 Å². The van der Waals surface area contributed by atoms with Gasteiger partial charge in [-0.1, -0.05) is 25.0 Å². The number of carbonyl (C=O) groups is 1. The van der Waals surface area contributed by atoms with Gasteiger partial charge in [0.2, 0.25) is 5.91 Å². The second kappa shape index (κ2) is 3.81. The third-order valence-corrected chi connectivity index (χ3v) is 3.53. The molecule has 0 unspecified atom stereocenters. The van der Waals surface area contributed by atoms with Crippen LogP contribution >= 0.6 is 0 Å². The summed E-state index contributed by atoms with van der Waals surface area (Å²) in [5.74, 6) is 0.167. The number of carbonyl (C=O) groups excluding carboxylic acids is 1. The van der Waals surface area contributed by atoms with E-state index >= 15 is 0 Å². The zero-order valence-corrected chi connectivity index (χ0v) is 9.28. The number of hydrogen-bond acceptors (Lipinski definition) is 2. The van der Waals surface area contributed by atoms with Gasteiger partial charge in [-0.25, -0.2) is 0 Å². The van der Waals surface area contributed by atoms with E-state index < -0.39 is 0 Å². The first kappa shape index (κ1) is 9.70. The molecule has 84 valence electrons. The third kappa shape index (κ3) is 1.47. The number of anilines is 2. The molecule has 0 aromatic heterocycles. The summed E-state index contributed by atoms with van der Waals surface area (Å²) in [5.41, 5.74) is 2.15. The molecule has 1 fully saturated rings. The lowest BCUT2D eigenvalue weighted by atomic mass is 10.0. The maximum Gasteiger partial charge on any atom is 0.247 e. The van der Waals surface area contributed by atoms with Crippen molar-refractivity contribution < 1.29 is 4.79 Å². The fourth-order valence-corrected chi connectivity index (χ4v) is 2.72. The van der Waals surface area contributed by atoms with Gasteiger partial charge in [-0.2, -0.15) is 0 Å². The second-order valence-corrected chi connectivity index (χ2v) is 4.56. The van der Waals surface area contributed by atoms with Crippen molar-refractivity contribution in [2.24, 2.45) is 0 Å². The minimum atomic E-state index is 0.0531. The Morgan fingerprint density at radius 3 is 3.00 bits per heavy atom. The Morgan fingerprint density at radius 1 is 1.19 bits per heavy atom. The predicted molar refractivity (Wildman–Crippen MR) is 64.7 cm³/mol. The summed E-state index contributed by atoms with van der Waals surface area (Å²) in [6, 6.07) is 8.15. The Labute approximate surface area is 95.4 Å². The lowest BCUT2D eigenvalue weighted by Crippen LogP contribution is -2.47. The highest BCUT2D eigenvalue weighted by Gasteiger charge is 2.32. The van der Waals surface area contributed by atoms with Crippen LogP contribution in [0.5, 0.6) is 0 Å². The molecule has 0 saturated carbocycles. The molecule has 1 N–H and O–H groups in total. The molecule has 1 saturated heterocycles. The van der Waals surface area contributed by atoms with E-state index in [-0.39, 0.29) is 11.9 Å². The van der Waals surface area contributed by atoms with Crippen molar-refractivity contribution in [2.75, 3.05) is 16.8 Å². The van der Waals surface area contributed by atoms with Crippen molar-refractivity contribution >= 4 is 17.3 Å². The first-order valence-electron chi connectivity index (χ1n) is 6.03. The largest absolute Gasteiger partial charge is 0.358 e. The van der Waals surface area contributed by atoms with E-state index in [1.54, 1.807) is 0 Å². The van der Waals surface area contributed by atoms with E-state index in [0.717, 1.165) is 25.1 Å². The van der Waals surface area contributed by atoms with Crippen LogP contribution in [0.25, 0.3) is 0 Å². The number of nitrogens with one attached hydrogen (secondary N) is 1. The van der Waals surface area contributed by atoms with Crippen LogP contribution in [0.3, 0.4) is 0 Å². The van der Waals surface area contributed by atoms with E-state index in [1.807, 2.05) is 18.2 Å². The maximum absolute atomic E-state index is 12.0. The van der Waals surface area contributed by atoms with E-state index in [0.29, 0.717) is 0 Å². The number of benzene rings is 1. The van der Waals surface area contributed by atoms with Crippen molar-refractivity contribution in [1.82, 2.24) is 0 Å². The zero-order chi connectivity index (χ0) is 11.0. The molecule has 0 bridgehead atoms. The molecule has 2 heterocycles. The fraction of sp³-hybridized carbons (Fsp3) is 0.462. The second-order valence-electron chi connectivity index (χ2n) is 4.56. The summed E-state index contributed by atoms with van der Waals surface area (Å²) < 4.78 is 0. The minimum Gasteiger partial charge on any atom is -0.358 e. The summed E-state index contributed by atoms with van der Waals surface area (Å²) in [6.45, 7) is 1.01. The van der Waals surface area contributed by atoms with Gasteiger partial charge in [-0.05, 0) is 25.0 Å². The molecule has 3 rings (SSSR count). The van der Waals surface area contributed by atoms with Gasteiger partial charge in [0.15, 0.2) is 0 Å². The van der Waals surface area contributed by atoms with Crippen LogP contribution in [0.15, 0.2) is 24.3 Å². The van der Waals surface area contributed by atoms with Gasteiger partial charge in [-0.15, -0.1) is 0 Å². The molecular weight excluding hydrogens is 200 g/mol. The topological polar surface area (TPSA) is 32.3 Å². The first-order valence-corrected chi connectivity index (χ1v) is 6.03. The number of rotatable bonds is 0. The highest BCUT2D eigenvalue weighted by atomic mass is 16.2. The Balaban J connectivity index is 2.03. The van der Waals surface area contributed by atoms with Gasteiger partial charge in [0.25, 0.3) is 0 Å². The average Bonchev–Trinajstić information content (AvgIpc) is 2.55. The van der Waals surface area contributed by atoms with Gasteiger partial charge >= 0.3 is 0 Å². The SMILES string of the molecule is O=C1Nc2ccccc2N2CCCCC[C@@H]12. The number of para-hydroxylation sites is 2. The normalized spacial score (nSPS) is 24.1. The summed E-state index contributed by atoms with van der Waals surface area (Å²) >= 11 is 0. The predicted octanol–water partition coefficient (Wildman–Crippen LogP) is 2.39. The average molecular weight is 216 g/mol. The third-order valence-electron chi connectivity index (χ3n) is 3.53. The van der Waals surface area contributed by atoms with E-state index in [9.17, 15) is 4.79 Å². The Morgan fingerprint density at radius 2 is 2.06 bits per heavy atom. The van der Waals surface area contributed by atoms with Crippen LogP contribution in [0.2, 0.25) is 0 Å². The van der Waals surface area contributed by atoms with Crippen molar-refractivity contribution in [1.29, 1.82) is 0 Å². The summed E-state index contributed by atoms with van der Waals surface area (Å²) in [7, 11) is 0. The van der Waals surface area contributed by atoms with Gasteiger partial charge in [-0.3, -0.25) is 4.79 Å². The van der Waals surface area contributed by atoms with Crippen LogP contribution in [0.4, 0.5) is 11.4 Å². The number of fused-ring (bicyclic) bond motifs is 3. The summed E-state index contributed by atoms with van der Waals surface area (Å²) in [5, 5.41) is 3.01. The minimum absolute atomic E-state index is 0.0531. The standard InChI is InChI=1S/C13H16N2O/c16-13-12-8-2-1-5-9-15(12)11-7-4-3-6-10(11)14-13/h3-4,6-7,12H,1-2,5,8-9H2,(H,14,16)/t12-/m0/s1. The molecule has 16 heavy (non-hydrogen) atoms. The molecule has 2 aliphatic rings. The molecular formula is C13H16N2O. The lowest BCUT2D eigenvalue weighted by molar-refractivity contribution is -0.117. The molecule has 3 heteroatoms. The van der Waals surface area contributed by atoms with E-state index in [1.165, 1.54) is 18.5 Å². The van der Waals surface area contributed by atoms with Crippen molar-refractivity contribution in [3.63, 3.8) is 0 Å². The van der Waals surface area contributed by atoms with Crippen LogP contribution < -0.4 is 10.2 Å². The molecule has 1 amide bonds. The van der Waals surface area contributed by atoms with Gasteiger partial charge in [0.05, 0.1) is 11.4 Å². The fourth-order valence-electron chi connectivity index (χ4n) is 2.72. The summed E-state index contributed by atoms with van der Waals surface area (Å²) in [6.07, 6.45) is 4.58. The smallest absolute Gasteiger partial charge is 0.247 e. The summed E-state index contributed by atoms with van der Waals surface area (Å²) in [4.78, 5) is 14.3. The molecule has 3 nitrogen and oxygen atoms in total. The molecule has 0 radical (unpaired) electrons. The Bertz CT molecular complexity index is 416. The van der Waals surface area contributed by atoms with Crippen LogP contribution in [-0.4, -0.2) is 18.5 Å². The molecule has 0 aliphatic carbocycles. The molecule has 1 atom stereocenters. The first-order chi connectivity index (χ1) is 7.86. The van der Waals surface area contributed by atoms with E-state index in [4.69, 9.17) is 0 Å². The van der Waals surface area contributed by atoms with Crippen LogP contribution in [0.1, 0.15) is 25.7 Å². The monoisotopic (exact) mass is 216 g/mol. The highest BCUT2D eigenvalue weighted by molar-refractivity contribution is 6.03. The van der Waals surface area contributed by atoms with Gasteiger partial charge in [0.1, 0.15) is 6.04 Å². The molecule has 2 aliphatic heterocycles. The Hall–Kier alpha value is -1.51. The quantitative estimate of drug-likeness (QED) is 0.722. The highest BCUT2D eigenvalue weighted by Crippen LogP contribution is 2.34. The van der Waals surface area contributed by atoms with Crippen molar-refractivity contribution in [3.05, 3.63) is 24.3 Å². The zero-order valence-electron chi connectivity index (χ0n) is 9.28. The van der Waals surface area contributed by atoms with Crippen LogP contribution in [0, 0.1) is 0 Å².